The number of aromatic nitrogens is 2. The number of para-hydroxylation sites is 1. The van der Waals surface area contributed by atoms with Crippen LogP contribution in [0.4, 0.5) is 0 Å². The van der Waals surface area contributed by atoms with Crippen molar-refractivity contribution in [2.75, 3.05) is 26.2 Å². The summed E-state index contributed by atoms with van der Waals surface area (Å²) in [5.41, 5.74) is 3.64. The lowest BCUT2D eigenvalue weighted by Gasteiger charge is -2.26. The minimum atomic E-state index is 0.951. The minimum absolute atomic E-state index is 0.951. The summed E-state index contributed by atoms with van der Waals surface area (Å²) < 4.78 is 2.23. The fraction of sp³-hybridized carbons (Fsp3) is 0.500. The van der Waals surface area contributed by atoms with Crippen molar-refractivity contribution in [3.63, 3.8) is 0 Å². The Hall–Kier alpha value is -1.39. The topological polar surface area (TPSA) is 33.1 Å². The van der Waals surface area contributed by atoms with Crippen LogP contribution in [-0.2, 0) is 13.6 Å². The third-order valence-electron chi connectivity index (χ3n) is 3.78. The molecule has 0 radical (unpaired) electrons. The van der Waals surface area contributed by atoms with Crippen LogP contribution in [0, 0.1) is 6.92 Å². The van der Waals surface area contributed by atoms with Gasteiger partial charge in [-0.05, 0) is 18.6 Å². The lowest BCUT2D eigenvalue weighted by Crippen LogP contribution is -2.43. The molecule has 0 atom stereocenters. The van der Waals surface area contributed by atoms with Gasteiger partial charge in [0.1, 0.15) is 5.82 Å². The molecule has 1 saturated heterocycles. The Morgan fingerprint density at radius 1 is 1.28 bits per heavy atom. The van der Waals surface area contributed by atoms with Crippen molar-refractivity contribution in [2.45, 2.75) is 13.5 Å². The molecular formula is C14H20N4. The number of piperazine rings is 1. The summed E-state index contributed by atoms with van der Waals surface area (Å²) in [5.74, 6) is 1.17. The van der Waals surface area contributed by atoms with Gasteiger partial charge in [0.2, 0.25) is 0 Å². The highest BCUT2D eigenvalue weighted by Gasteiger charge is 2.14. The van der Waals surface area contributed by atoms with E-state index in [0.29, 0.717) is 0 Å². The first kappa shape index (κ1) is 11.7. The molecule has 0 bridgehead atoms. The Kier molecular flexibility index (Phi) is 3.06. The van der Waals surface area contributed by atoms with E-state index in [-0.39, 0.29) is 0 Å². The number of aryl methyl sites for hydroxylation is 2. The van der Waals surface area contributed by atoms with Crippen LogP contribution in [0.3, 0.4) is 0 Å². The monoisotopic (exact) mass is 244 g/mol. The van der Waals surface area contributed by atoms with E-state index >= 15 is 0 Å². The van der Waals surface area contributed by atoms with Gasteiger partial charge < -0.3 is 9.88 Å². The first-order valence-corrected chi connectivity index (χ1v) is 6.60. The van der Waals surface area contributed by atoms with E-state index in [1.807, 2.05) is 0 Å². The van der Waals surface area contributed by atoms with Crippen molar-refractivity contribution in [2.24, 2.45) is 7.05 Å². The fourth-order valence-electron chi connectivity index (χ4n) is 2.61. The summed E-state index contributed by atoms with van der Waals surface area (Å²) in [6, 6.07) is 6.38. The van der Waals surface area contributed by atoms with Crippen LogP contribution in [0.1, 0.15) is 11.4 Å². The first-order chi connectivity index (χ1) is 8.75. The highest BCUT2D eigenvalue weighted by atomic mass is 15.2. The molecule has 1 aromatic carbocycles. The molecule has 3 rings (SSSR count). The van der Waals surface area contributed by atoms with Crippen LogP contribution in [-0.4, -0.2) is 40.6 Å². The molecule has 0 spiro atoms. The zero-order chi connectivity index (χ0) is 12.5. The Morgan fingerprint density at radius 3 is 2.78 bits per heavy atom. The van der Waals surface area contributed by atoms with E-state index in [9.17, 15) is 0 Å². The predicted molar refractivity (Wildman–Crippen MR) is 73.6 cm³/mol. The van der Waals surface area contributed by atoms with Gasteiger partial charge in [-0.15, -0.1) is 0 Å². The molecule has 0 aliphatic carbocycles. The summed E-state index contributed by atoms with van der Waals surface area (Å²) in [6.07, 6.45) is 0. The largest absolute Gasteiger partial charge is 0.330 e. The van der Waals surface area contributed by atoms with E-state index in [2.05, 4.69) is 47.0 Å². The molecule has 2 aromatic rings. The Morgan fingerprint density at radius 2 is 2.06 bits per heavy atom. The number of hydrogen-bond donors (Lipinski definition) is 1. The molecule has 0 unspecified atom stereocenters. The number of nitrogens with one attached hydrogen (secondary N) is 1. The van der Waals surface area contributed by atoms with Gasteiger partial charge in [-0.2, -0.15) is 0 Å². The highest BCUT2D eigenvalue weighted by Crippen LogP contribution is 2.19. The van der Waals surface area contributed by atoms with Crippen molar-refractivity contribution in [3.8, 4) is 0 Å². The van der Waals surface area contributed by atoms with Crippen LogP contribution < -0.4 is 5.32 Å². The molecule has 1 aliphatic heterocycles. The van der Waals surface area contributed by atoms with E-state index in [4.69, 9.17) is 4.98 Å². The van der Waals surface area contributed by atoms with E-state index in [0.717, 1.165) is 38.2 Å². The number of fused-ring (bicyclic) bond motifs is 1. The molecule has 1 aromatic heterocycles. The zero-order valence-corrected chi connectivity index (χ0v) is 11.1. The van der Waals surface area contributed by atoms with Gasteiger partial charge in [0, 0.05) is 33.2 Å². The van der Waals surface area contributed by atoms with Crippen LogP contribution in [0.2, 0.25) is 0 Å². The van der Waals surface area contributed by atoms with Gasteiger partial charge in [-0.1, -0.05) is 12.1 Å². The maximum Gasteiger partial charge on any atom is 0.123 e. The molecular weight excluding hydrogens is 224 g/mol. The molecule has 4 heteroatoms. The van der Waals surface area contributed by atoms with Gasteiger partial charge >= 0.3 is 0 Å². The minimum Gasteiger partial charge on any atom is -0.330 e. The average Bonchev–Trinajstić information content (AvgIpc) is 2.70. The normalized spacial score (nSPS) is 17.4. The number of imidazole rings is 1. The average molecular weight is 244 g/mol. The molecule has 18 heavy (non-hydrogen) atoms. The molecule has 1 aliphatic rings. The quantitative estimate of drug-likeness (QED) is 0.864. The molecule has 0 amide bonds. The maximum atomic E-state index is 4.81. The standard InChI is InChI=1S/C14H20N4/c1-11-4-3-5-12-14(11)16-13(17(12)2)10-18-8-6-15-7-9-18/h3-5,15H,6-10H2,1-2H3. The van der Waals surface area contributed by atoms with Crippen molar-refractivity contribution < 1.29 is 0 Å². The van der Waals surface area contributed by atoms with E-state index < -0.39 is 0 Å². The van der Waals surface area contributed by atoms with E-state index in [1.54, 1.807) is 0 Å². The maximum absolute atomic E-state index is 4.81. The molecule has 1 fully saturated rings. The third-order valence-corrected chi connectivity index (χ3v) is 3.78. The third kappa shape index (κ3) is 2.02. The summed E-state index contributed by atoms with van der Waals surface area (Å²) in [6.45, 7) is 7.48. The van der Waals surface area contributed by atoms with E-state index in [1.165, 1.54) is 16.9 Å². The summed E-state index contributed by atoms with van der Waals surface area (Å²) in [5, 5.41) is 3.38. The van der Waals surface area contributed by atoms with Gasteiger partial charge in [-0.3, -0.25) is 4.90 Å². The summed E-state index contributed by atoms with van der Waals surface area (Å²) in [7, 11) is 2.12. The molecule has 4 nitrogen and oxygen atoms in total. The number of nitrogens with zero attached hydrogens (tertiary/aromatic N) is 3. The van der Waals surface area contributed by atoms with Gasteiger partial charge in [0.15, 0.2) is 0 Å². The lowest BCUT2D eigenvalue weighted by atomic mass is 10.2. The van der Waals surface area contributed by atoms with Crippen molar-refractivity contribution in [1.82, 2.24) is 19.8 Å². The van der Waals surface area contributed by atoms with Gasteiger partial charge in [0.25, 0.3) is 0 Å². The number of rotatable bonds is 2. The van der Waals surface area contributed by atoms with Crippen LogP contribution in [0.15, 0.2) is 18.2 Å². The molecule has 96 valence electrons. The Balaban J connectivity index is 1.92. The summed E-state index contributed by atoms with van der Waals surface area (Å²) in [4.78, 5) is 7.27. The SMILES string of the molecule is Cc1cccc2c1nc(CN1CCNCC1)n2C. The predicted octanol–water partition coefficient (Wildman–Crippen LogP) is 1.29. The van der Waals surface area contributed by atoms with Gasteiger partial charge in [0.05, 0.1) is 17.6 Å². The smallest absolute Gasteiger partial charge is 0.123 e. The Bertz CT molecular complexity index is 552. The van der Waals surface area contributed by atoms with Crippen LogP contribution >= 0.6 is 0 Å². The molecule has 2 heterocycles. The highest BCUT2D eigenvalue weighted by molar-refractivity contribution is 5.79. The molecule has 0 saturated carbocycles. The lowest BCUT2D eigenvalue weighted by molar-refractivity contribution is 0.226. The van der Waals surface area contributed by atoms with Crippen LogP contribution in [0.25, 0.3) is 11.0 Å². The number of benzene rings is 1. The van der Waals surface area contributed by atoms with Crippen molar-refractivity contribution in [1.29, 1.82) is 0 Å². The van der Waals surface area contributed by atoms with Crippen molar-refractivity contribution in [3.05, 3.63) is 29.6 Å². The molecule has 1 N–H and O–H groups in total. The first-order valence-electron chi connectivity index (χ1n) is 6.60. The van der Waals surface area contributed by atoms with Gasteiger partial charge in [-0.25, -0.2) is 4.98 Å². The second-order valence-electron chi connectivity index (χ2n) is 5.06. The van der Waals surface area contributed by atoms with Crippen molar-refractivity contribution >= 4 is 11.0 Å². The number of hydrogen-bond acceptors (Lipinski definition) is 3. The summed E-state index contributed by atoms with van der Waals surface area (Å²) >= 11 is 0. The van der Waals surface area contributed by atoms with Crippen LogP contribution in [0.5, 0.6) is 0 Å². The zero-order valence-electron chi connectivity index (χ0n) is 11.1. The fourth-order valence-corrected chi connectivity index (χ4v) is 2.61. The second-order valence-corrected chi connectivity index (χ2v) is 5.06. The second kappa shape index (κ2) is 4.71. The Labute approximate surface area is 108 Å².